The molecule has 6 nitrogen and oxygen atoms in total. The highest BCUT2D eigenvalue weighted by atomic mass is 16.4. The Morgan fingerprint density at radius 3 is 2.41 bits per heavy atom. The van der Waals surface area contributed by atoms with Crippen LogP contribution in [0.5, 0.6) is 0 Å². The second-order valence-electron chi connectivity index (χ2n) is 7.37. The first kappa shape index (κ1) is 16.5. The minimum absolute atomic E-state index is 0.219. The van der Waals surface area contributed by atoms with Crippen molar-refractivity contribution in [3.05, 3.63) is 18.0 Å². The summed E-state index contributed by atoms with van der Waals surface area (Å²) in [6, 6.07) is 0. The molecular formula is C16H25N3O3. The fraction of sp³-hybridized carbons (Fsp3) is 0.688. The lowest BCUT2D eigenvalue weighted by molar-refractivity contribution is -0.146. The van der Waals surface area contributed by atoms with Gasteiger partial charge in [-0.15, -0.1) is 0 Å². The fourth-order valence-electron chi connectivity index (χ4n) is 2.74. The Morgan fingerprint density at radius 2 is 1.95 bits per heavy atom. The van der Waals surface area contributed by atoms with E-state index in [1.54, 1.807) is 10.9 Å². The van der Waals surface area contributed by atoms with Crippen LogP contribution in [-0.4, -0.2) is 32.3 Å². The molecule has 22 heavy (non-hydrogen) atoms. The van der Waals surface area contributed by atoms with Crippen LogP contribution >= 0.6 is 0 Å². The molecule has 2 rings (SSSR count). The molecule has 6 heteroatoms. The van der Waals surface area contributed by atoms with Crippen molar-refractivity contribution in [3.8, 4) is 0 Å². The molecular weight excluding hydrogens is 282 g/mol. The van der Waals surface area contributed by atoms with Crippen molar-refractivity contribution in [2.45, 2.75) is 64.5 Å². The number of aliphatic carboxylic acids is 1. The van der Waals surface area contributed by atoms with Gasteiger partial charge < -0.3 is 10.4 Å². The Kier molecular flexibility index (Phi) is 4.31. The molecule has 1 amide bonds. The van der Waals surface area contributed by atoms with E-state index >= 15 is 0 Å². The highest BCUT2D eigenvalue weighted by Gasteiger charge is 2.42. The molecule has 122 valence electrons. The van der Waals surface area contributed by atoms with Crippen LogP contribution in [0.4, 0.5) is 0 Å². The topological polar surface area (TPSA) is 84.2 Å². The number of carboxylic acid groups (broad SMARTS) is 1. The molecule has 1 aromatic heterocycles. The molecule has 1 aliphatic rings. The zero-order valence-corrected chi connectivity index (χ0v) is 13.7. The minimum Gasteiger partial charge on any atom is -0.480 e. The maximum Gasteiger partial charge on any atom is 0.329 e. The SMILES string of the molecule is CC1CCC(NC(=O)c2cnn(C(C)(C)C)c2)(C(=O)O)CC1. The van der Waals surface area contributed by atoms with E-state index in [0.717, 1.165) is 12.8 Å². The van der Waals surface area contributed by atoms with Crippen molar-refractivity contribution in [2.75, 3.05) is 0 Å². The van der Waals surface area contributed by atoms with Gasteiger partial charge in [-0.1, -0.05) is 6.92 Å². The zero-order chi connectivity index (χ0) is 16.5. The summed E-state index contributed by atoms with van der Waals surface area (Å²) in [5.41, 5.74) is -0.967. The summed E-state index contributed by atoms with van der Waals surface area (Å²) in [6.45, 7) is 8.08. The minimum atomic E-state index is -1.15. The molecule has 0 saturated heterocycles. The monoisotopic (exact) mass is 307 g/mol. The number of hydrogen-bond donors (Lipinski definition) is 2. The second kappa shape index (κ2) is 5.74. The van der Waals surface area contributed by atoms with Gasteiger partial charge in [0.25, 0.3) is 5.91 Å². The normalized spacial score (nSPS) is 25.7. The van der Waals surface area contributed by atoms with E-state index in [1.807, 2.05) is 20.8 Å². The average Bonchev–Trinajstić information content (AvgIpc) is 2.91. The maximum atomic E-state index is 12.4. The highest BCUT2D eigenvalue weighted by Crippen LogP contribution is 2.32. The maximum absolute atomic E-state index is 12.4. The number of carbonyl (C=O) groups is 2. The highest BCUT2D eigenvalue weighted by molar-refractivity contribution is 5.97. The van der Waals surface area contributed by atoms with Crippen LogP contribution in [-0.2, 0) is 10.3 Å². The number of amides is 1. The lowest BCUT2D eigenvalue weighted by Gasteiger charge is -2.36. The first-order valence-electron chi connectivity index (χ1n) is 7.75. The Morgan fingerprint density at radius 1 is 1.36 bits per heavy atom. The summed E-state index contributed by atoms with van der Waals surface area (Å²) in [4.78, 5) is 24.1. The molecule has 0 bridgehead atoms. The third kappa shape index (κ3) is 3.31. The molecule has 1 aliphatic carbocycles. The van der Waals surface area contributed by atoms with Gasteiger partial charge in [-0.05, 0) is 52.4 Å². The fourth-order valence-corrected chi connectivity index (χ4v) is 2.74. The van der Waals surface area contributed by atoms with E-state index in [1.165, 1.54) is 6.20 Å². The second-order valence-corrected chi connectivity index (χ2v) is 7.37. The molecule has 1 saturated carbocycles. The Balaban J connectivity index is 2.15. The summed E-state index contributed by atoms with van der Waals surface area (Å²) in [6.07, 6.45) is 5.73. The predicted octanol–water partition coefficient (Wildman–Crippen LogP) is 2.40. The van der Waals surface area contributed by atoms with Crippen LogP contribution < -0.4 is 5.32 Å². The Labute approximate surface area is 130 Å². The van der Waals surface area contributed by atoms with Crippen LogP contribution in [0.25, 0.3) is 0 Å². The summed E-state index contributed by atoms with van der Waals surface area (Å²) >= 11 is 0. The lowest BCUT2D eigenvalue weighted by Crippen LogP contribution is -2.56. The number of hydrogen-bond acceptors (Lipinski definition) is 3. The zero-order valence-electron chi connectivity index (χ0n) is 13.7. The van der Waals surface area contributed by atoms with Gasteiger partial charge in [0, 0.05) is 6.20 Å². The van der Waals surface area contributed by atoms with E-state index < -0.39 is 11.5 Å². The Bertz CT molecular complexity index is 563. The van der Waals surface area contributed by atoms with Crippen LogP contribution in [0.2, 0.25) is 0 Å². The molecule has 1 aromatic rings. The summed E-state index contributed by atoms with van der Waals surface area (Å²) in [7, 11) is 0. The number of nitrogens with one attached hydrogen (secondary N) is 1. The van der Waals surface area contributed by atoms with Crippen molar-refractivity contribution in [1.29, 1.82) is 0 Å². The molecule has 0 aromatic carbocycles. The van der Waals surface area contributed by atoms with Crippen molar-refractivity contribution in [2.24, 2.45) is 5.92 Å². The van der Waals surface area contributed by atoms with Gasteiger partial charge in [0.15, 0.2) is 0 Å². The number of nitrogens with zero attached hydrogens (tertiary/aromatic N) is 2. The van der Waals surface area contributed by atoms with Gasteiger partial charge in [0.1, 0.15) is 5.54 Å². The largest absolute Gasteiger partial charge is 0.480 e. The van der Waals surface area contributed by atoms with Gasteiger partial charge in [-0.3, -0.25) is 9.48 Å². The molecule has 0 atom stereocenters. The number of carboxylic acids is 1. The molecule has 0 aliphatic heterocycles. The molecule has 0 radical (unpaired) electrons. The Hall–Kier alpha value is -1.85. The number of carbonyl (C=O) groups excluding carboxylic acids is 1. The molecule has 1 fully saturated rings. The van der Waals surface area contributed by atoms with Crippen LogP contribution in [0.3, 0.4) is 0 Å². The standard InChI is InChI=1S/C16H25N3O3/c1-11-5-7-16(8-6-11,14(21)22)18-13(20)12-9-17-19(10-12)15(2,3)4/h9-11H,5-8H2,1-4H3,(H,18,20)(H,21,22). The third-order valence-corrected chi connectivity index (χ3v) is 4.42. The van der Waals surface area contributed by atoms with E-state index in [0.29, 0.717) is 24.3 Å². The van der Waals surface area contributed by atoms with Crippen LogP contribution in [0, 0.1) is 5.92 Å². The van der Waals surface area contributed by atoms with E-state index in [-0.39, 0.29) is 11.4 Å². The van der Waals surface area contributed by atoms with Crippen molar-refractivity contribution in [1.82, 2.24) is 15.1 Å². The first-order valence-corrected chi connectivity index (χ1v) is 7.75. The van der Waals surface area contributed by atoms with Crippen LogP contribution in [0.15, 0.2) is 12.4 Å². The summed E-state index contributed by atoms with van der Waals surface area (Å²) in [5.74, 6) is -0.809. The summed E-state index contributed by atoms with van der Waals surface area (Å²) < 4.78 is 1.71. The van der Waals surface area contributed by atoms with Gasteiger partial charge in [-0.2, -0.15) is 5.10 Å². The average molecular weight is 307 g/mol. The summed E-state index contributed by atoms with van der Waals surface area (Å²) in [5, 5.41) is 16.5. The van der Waals surface area contributed by atoms with Crippen molar-refractivity contribution < 1.29 is 14.7 Å². The molecule has 0 unspecified atom stereocenters. The van der Waals surface area contributed by atoms with Crippen molar-refractivity contribution >= 4 is 11.9 Å². The van der Waals surface area contributed by atoms with E-state index in [4.69, 9.17) is 0 Å². The molecule has 2 N–H and O–H groups in total. The number of aromatic nitrogens is 2. The third-order valence-electron chi connectivity index (χ3n) is 4.42. The van der Waals surface area contributed by atoms with Gasteiger partial charge in [0.05, 0.1) is 17.3 Å². The van der Waals surface area contributed by atoms with E-state index in [2.05, 4.69) is 17.3 Å². The molecule has 0 spiro atoms. The van der Waals surface area contributed by atoms with Gasteiger partial charge in [0.2, 0.25) is 0 Å². The van der Waals surface area contributed by atoms with E-state index in [9.17, 15) is 14.7 Å². The quantitative estimate of drug-likeness (QED) is 0.898. The molecule has 1 heterocycles. The number of rotatable bonds is 3. The smallest absolute Gasteiger partial charge is 0.329 e. The first-order chi connectivity index (χ1) is 10.1. The van der Waals surface area contributed by atoms with Crippen LogP contribution in [0.1, 0.15) is 63.7 Å². The van der Waals surface area contributed by atoms with Gasteiger partial charge >= 0.3 is 5.97 Å². The lowest BCUT2D eigenvalue weighted by atomic mass is 9.77. The van der Waals surface area contributed by atoms with Gasteiger partial charge in [-0.25, -0.2) is 4.79 Å². The predicted molar refractivity (Wildman–Crippen MR) is 82.7 cm³/mol. The van der Waals surface area contributed by atoms with Crippen molar-refractivity contribution in [3.63, 3.8) is 0 Å².